The van der Waals surface area contributed by atoms with E-state index in [0.717, 1.165) is 25.4 Å². The summed E-state index contributed by atoms with van der Waals surface area (Å²) in [6.45, 7) is 4.65. The Morgan fingerprint density at radius 3 is 2.56 bits per heavy atom. The highest BCUT2D eigenvalue weighted by molar-refractivity contribution is 5.25. The Morgan fingerprint density at radius 1 is 1.22 bits per heavy atom. The molecule has 1 aliphatic rings. The van der Waals surface area contributed by atoms with Crippen molar-refractivity contribution in [2.45, 2.75) is 19.3 Å². The molecular formula is C15H24N2O. The molecule has 1 aliphatic heterocycles. The van der Waals surface area contributed by atoms with Crippen molar-refractivity contribution in [1.29, 1.82) is 0 Å². The summed E-state index contributed by atoms with van der Waals surface area (Å²) < 4.78 is 0. The van der Waals surface area contributed by atoms with E-state index in [4.69, 9.17) is 0 Å². The molecule has 18 heavy (non-hydrogen) atoms. The van der Waals surface area contributed by atoms with Gasteiger partial charge in [-0.3, -0.25) is 0 Å². The molecule has 100 valence electrons. The lowest BCUT2D eigenvalue weighted by atomic mass is 9.97. The molecule has 3 heteroatoms. The molecule has 0 spiro atoms. The van der Waals surface area contributed by atoms with Crippen molar-refractivity contribution in [1.82, 2.24) is 10.2 Å². The minimum Gasteiger partial charge on any atom is -0.508 e. The third-order valence-electron chi connectivity index (χ3n) is 3.80. The monoisotopic (exact) mass is 248 g/mol. The number of rotatable bonds is 5. The number of aromatic hydroxyl groups is 1. The summed E-state index contributed by atoms with van der Waals surface area (Å²) in [6.07, 6.45) is 3.68. The van der Waals surface area contributed by atoms with Gasteiger partial charge in [-0.15, -0.1) is 0 Å². The van der Waals surface area contributed by atoms with Crippen LogP contribution in [0.3, 0.4) is 0 Å². The first-order chi connectivity index (χ1) is 8.74. The summed E-state index contributed by atoms with van der Waals surface area (Å²) in [7, 11) is 2.20. The van der Waals surface area contributed by atoms with Gasteiger partial charge in [0.2, 0.25) is 0 Å². The van der Waals surface area contributed by atoms with Gasteiger partial charge in [-0.25, -0.2) is 0 Å². The number of nitrogens with one attached hydrogen (secondary N) is 1. The van der Waals surface area contributed by atoms with Gasteiger partial charge in [0.05, 0.1) is 0 Å². The fraction of sp³-hybridized carbons (Fsp3) is 0.600. The smallest absolute Gasteiger partial charge is 0.115 e. The molecule has 0 atom stereocenters. The Labute approximate surface area is 110 Å². The van der Waals surface area contributed by atoms with Crippen LogP contribution in [-0.2, 0) is 6.42 Å². The molecule has 2 rings (SSSR count). The van der Waals surface area contributed by atoms with E-state index in [1.807, 2.05) is 12.1 Å². The van der Waals surface area contributed by atoms with Crippen molar-refractivity contribution in [3.63, 3.8) is 0 Å². The molecular weight excluding hydrogens is 224 g/mol. The second-order valence-electron chi connectivity index (χ2n) is 5.37. The zero-order valence-corrected chi connectivity index (χ0v) is 11.2. The standard InChI is InChI=1S/C15H24N2O/c1-17-10-7-14(8-11-17)12-16-9-6-13-2-4-15(18)5-3-13/h2-5,14,16,18H,6-12H2,1H3. The van der Waals surface area contributed by atoms with Gasteiger partial charge in [-0.2, -0.15) is 0 Å². The van der Waals surface area contributed by atoms with Crippen LogP contribution in [0.5, 0.6) is 5.75 Å². The maximum Gasteiger partial charge on any atom is 0.115 e. The number of piperidine rings is 1. The van der Waals surface area contributed by atoms with Crippen LogP contribution in [0.1, 0.15) is 18.4 Å². The third kappa shape index (κ3) is 4.31. The van der Waals surface area contributed by atoms with Gasteiger partial charge in [0.25, 0.3) is 0 Å². The first-order valence-corrected chi connectivity index (χ1v) is 6.91. The number of likely N-dealkylation sites (tertiary alicyclic amines) is 1. The van der Waals surface area contributed by atoms with Crippen LogP contribution in [0.15, 0.2) is 24.3 Å². The topological polar surface area (TPSA) is 35.5 Å². The van der Waals surface area contributed by atoms with Gasteiger partial charge < -0.3 is 15.3 Å². The first-order valence-electron chi connectivity index (χ1n) is 6.91. The van der Waals surface area contributed by atoms with Gasteiger partial charge in [0.1, 0.15) is 5.75 Å². The Hall–Kier alpha value is -1.06. The fourth-order valence-corrected chi connectivity index (χ4v) is 2.47. The van der Waals surface area contributed by atoms with Crippen molar-refractivity contribution in [3.8, 4) is 5.75 Å². The van der Waals surface area contributed by atoms with E-state index >= 15 is 0 Å². The predicted octanol–water partition coefficient (Wildman–Crippen LogP) is 1.87. The normalized spacial score (nSPS) is 18.1. The molecule has 0 saturated carbocycles. The minimum absolute atomic E-state index is 0.345. The second kappa shape index (κ2) is 6.76. The summed E-state index contributed by atoms with van der Waals surface area (Å²) in [5.41, 5.74) is 1.28. The van der Waals surface area contributed by atoms with Gasteiger partial charge in [0.15, 0.2) is 0 Å². The summed E-state index contributed by atoms with van der Waals surface area (Å²) in [6, 6.07) is 7.50. The molecule has 1 saturated heterocycles. The van der Waals surface area contributed by atoms with E-state index in [9.17, 15) is 5.11 Å². The van der Waals surface area contributed by atoms with Crippen molar-refractivity contribution in [3.05, 3.63) is 29.8 Å². The van der Waals surface area contributed by atoms with Gasteiger partial charge >= 0.3 is 0 Å². The minimum atomic E-state index is 0.345. The van der Waals surface area contributed by atoms with E-state index in [2.05, 4.69) is 17.3 Å². The summed E-state index contributed by atoms with van der Waals surface area (Å²) in [5.74, 6) is 1.19. The van der Waals surface area contributed by atoms with Crippen LogP contribution < -0.4 is 5.32 Å². The largest absolute Gasteiger partial charge is 0.508 e. The SMILES string of the molecule is CN1CCC(CNCCc2ccc(O)cc2)CC1. The lowest BCUT2D eigenvalue weighted by Crippen LogP contribution is -2.35. The molecule has 0 radical (unpaired) electrons. The Morgan fingerprint density at radius 2 is 1.89 bits per heavy atom. The van der Waals surface area contributed by atoms with Crippen LogP contribution in [0, 0.1) is 5.92 Å². The molecule has 0 amide bonds. The summed E-state index contributed by atoms with van der Waals surface area (Å²) in [4.78, 5) is 2.41. The molecule has 0 aliphatic carbocycles. The quantitative estimate of drug-likeness (QED) is 0.781. The van der Waals surface area contributed by atoms with E-state index in [0.29, 0.717) is 5.75 Å². The lowest BCUT2D eigenvalue weighted by Gasteiger charge is -2.29. The molecule has 2 N–H and O–H groups in total. The van der Waals surface area contributed by atoms with Crippen molar-refractivity contribution < 1.29 is 5.11 Å². The Kier molecular flexibility index (Phi) is 5.02. The third-order valence-corrected chi connectivity index (χ3v) is 3.80. The van der Waals surface area contributed by atoms with E-state index < -0.39 is 0 Å². The van der Waals surface area contributed by atoms with Gasteiger partial charge in [-0.1, -0.05) is 12.1 Å². The molecule has 1 aromatic rings. The number of hydrogen-bond acceptors (Lipinski definition) is 3. The van der Waals surface area contributed by atoms with Crippen LogP contribution in [0.4, 0.5) is 0 Å². The highest BCUT2D eigenvalue weighted by atomic mass is 16.3. The second-order valence-corrected chi connectivity index (χ2v) is 5.37. The maximum atomic E-state index is 9.20. The number of nitrogens with zero attached hydrogens (tertiary/aromatic N) is 1. The Balaban J connectivity index is 1.60. The van der Waals surface area contributed by atoms with Crippen LogP contribution >= 0.6 is 0 Å². The van der Waals surface area contributed by atoms with Crippen LogP contribution in [0.2, 0.25) is 0 Å². The first kappa shape index (κ1) is 13.4. The highest BCUT2D eigenvalue weighted by Crippen LogP contribution is 2.14. The molecule has 0 bridgehead atoms. The number of hydrogen-bond donors (Lipinski definition) is 2. The lowest BCUT2D eigenvalue weighted by molar-refractivity contribution is 0.216. The molecule has 1 aromatic carbocycles. The average molecular weight is 248 g/mol. The van der Waals surface area contributed by atoms with Crippen LogP contribution in [-0.4, -0.2) is 43.2 Å². The molecule has 3 nitrogen and oxygen atoms in total. The molecule has 1 fully saturated rings. The van der Waals surface area contributed by atoms with Crippen molar-refractivity contribution >= 4 is 0 Å². The van der Waals surface area contributed by atoms with Gasteiger partial charge in [-0.05, 0) is 76.1 Å². The zero-order chi connectivity index (χ0) is 12.8. The maximum absolute atomic E-state index is 9.20. The number of benzene rings is 1. The predicted molar refractivity (Wildman–Crippen MR) is 74.9 cm³/mol. The Bertz CT molecular complexity index is 342. The highest BCUT2D eigenvalue weighted by Gasteiger charge is 2.15. The fourth-order valence-electron chi connectivity index (χ4n) is 2.47. The van der Waals surface area contributed by atoms with E-state index in [-0.39, 0.29) is 0 Å². The van der Waals surface area contributed by atoms with Crippen molar-refractivity contribution in [2.75, 3.05) is 33.2 Å². The van der Waals surface area contributed by atoms with Gasteiger partial charge in [0, 0.05) is 0 Å². The summed E-state index contributed by atoms with van der Waals surface area (Å²) in [5, 5.41) is 12.8. The van der Waals surface area contributed by atoms with E-state index in [1.165, 1.54) is 31.5 Å². The van der Waals surface area contributed by atoms with Crippen molar-refractivity contribution in [2.24, 2.45) is 5.92 Å². The average Bonchev–Trinajstić information content (AvgIpc) is 2.39. The number of phenolic OH excluding ortho intramolecular Hbond substituents is 1. The number of phenols is 1. The molecule has 0 unspecified atom stereocenters. The summed E-state index contributed by atoms with van der Waals surface area (Å²) >= 11 is 0. The molecule has 0 aromatic heterocycles. The van der Waals surface area contributed by atoms with E-state index in [1.54, 1.807) is 12.1 Å². The molecule has 1 heterocycles. The van der Waals surface area contributed by atoms with Crippen LogP contribution in [0.25, 0.3) is 0 Å². The zero-order valence-electron chi connectivity index (χ0n) is 11.2.